The lowest BCUT2D eigenvalue weighted by Gasteiger charge is -2.16. The van der Waals surface area contributed by atoms with Gasteiger partial charge in [0.1, 0.15) is 11.3 Å². The van der Waals surface area contributed by atoms with Crippen molar-refractivity contribution in [3.63, 3.8) is 0 Å². The first-order valence-electron chi connectivity index (χ1n) is 10.2. The van der Waals surface area contributed by atoms with E-state index in [2.05, 4.69) is 5.32 Å². The van der Waals surface area contributed by atoms with E-state index in [1.165, 1.54) is 49.9 Å². The molecule has 11 heteroatoms. The molecule has 1 saturated heterocycles. The summed E-state index contributed by atoms with van der Waals surface area (Å²) in [7, 11) is 0.636. The molecule has 0 bridgehead atoms. The standard InChI is InChI=1S/C22H26N2O8S/c1-29-18-13-20(31-3)19(30-2)12-17(18)22(26)32-14-21(25)23-15-7-6-8-16(11-15)33(27,28)24-9-4-5-10-24/h6-8,11-13H,4-5,9-10,14H2,1-3H3,(H,23,25). The molecule has 2 aromatic carbocycles. The Labute approximate surface area is 192 Å². The maximum absolute atomic E-state index is 12.7. The van der Waals surface area contributed by atoms with Crippen LogP contribution in [0, 0.1) is 0 Å². The quantitative estimate of drug-likeness (QED) is 0.545. The number of amides is 1. The summed E-state index contributed by atoms with van der Waals surface area (Å²) < 4.78 is 47.5. The number of anilines is 1. The lowest BCUT2D eigenvalue weighted by molar-refractivity contribution is -0.119. The molecule has 0 atom stereocenters. The molecular weight excluding hydrogens is 452 g/mol. The summed E-state index contributed by atoms with van der Waals surface area (Å²) in [6.07, 6.45) is 1.65. The lowest BCUT2D eigenvalue weighted by Crippen LogP contribution is -2.28. The summed E-state index contributed by atoms with van der Waals surface area (Å²) in [5, 5.41) is 2.55. The summed E-state index contributed by atoms with van der Waals surface area (Å²) in [6.45, 7) is 0.377. The van der Waals surface area contributed by atoms with Crippen molar-refractivity contribution in [2.45, 2.75) is 17.7 Å². The Hall–Kier alpha value is -3.31. The molecule has 0 radical (unpaired) electrons. The van der Waals surface area contributed by atoms with Gasteiger partial charge in [-0.3, -0.25) is 4.79 Å². The molecule has 0 unspecified atom stereocenters. The number of methoxy groups -OCH3 is 3. The average Bonchev–Trinajstić information content (AvgIpc) is 3.37. The molecule has 2 aromatic rings. The molecule has 0 aliphatic carbocycles. The van der Waals surface area contributed by atoms with Crippen LogP contribution in [0.5, 0.6) is 17.2 Å². The van der Waals surface area contributed by atoms with Crippen LogP contribution < -0.4 is 19.5 Å². The van der Waals surface area contributed by atoms with E-state index >= 15 is 0 Å². The third-order valence-electron chi connectivity index (χ3n) is 5.08. The fourth-order valence-corrected chi connectivity index (χ4v) is 4.97. The first-order valence-corrected chi connectivity index (χ1v) is 11.6. The van der Waals surface area contributed by atoms with E-state index in [1.54, 1.807) is 12.1 Å². The number of benzene rings is 2. The number of hydrogen-bond donors (Lipinski definition) is 1. The van der Waals surface area contributed by atoms with E-state index in [0.717, 1.165) is 12.8 Å². The van der Waals surface area contributed by atoms with Crippen LogP contribution >= 0.6 is 0 Å². The zero-order valence-electron chi connectivity index (χ0n) is 18.6. The number of sulfonamides is 1. The monoisotopic (exact) mass is 478 g/mol. The number of hydrogen-bond acceptors (Lipinski definition) is 8. The van der Waals surface area contributed by atoms with Gasteiger partial charge >= 0.3 is 5.97 Å². The van der Waals surface area contributed by atoms with Crippen molar-refractivity contribution in [3.05, 3.63) is 42.0 Å². The topological polar surface area (TPSA) is 120 Å². The minimum Gasteiger partial charge on any atom is -0.496 e. The van der Waals surface area contributed by atoms with Gasteiger partial charge in [-0.15, -0.1) is 0 Å². The summed E-state index contributed by atoms with van der Waals surface area (Å²) in [6, 6.07) is 8.82. The smallest absolute Gasteiger partial charge is 0.342 e. The molecule has 10 nitrogen and oxygen atoms in total. The number of nitrogens with zero attached hydrogens (tertiary/aromatic N) is 1. The second-order valence-corrected chi connectivity index (χ2v) is 9.11. The van der Waals surface area contributed by atoms with E-state index in [4.69, 9.17) is 18.9 Å². The van der Waals surface area contributed by atoms with Crippen molar-refractivity contribution in [1.29, 1.82) is 0 Å². The molecule has 3 rings (SSSR count). The average molecular weight is 479 g/mol. The van der Waals surface area contributed by atoms with Crippen LogP contribution in [0.1, 0.15) is 23.2 Å². The van der Waals surface area contributed by atoms with Gasteiger partial charge in [0.05, 0.1) is 26.2 Å². The highest BCUT2D eigenvalue weighted by atomic mass is 32.2. The molecule has 1 N–H and O–H groups in total. The van der Waals surface area contributed by atoms with Crippen LogP contribution in [-0.4, -0.2) is 65.6 Å². The molecule has 0 saturated carbocycles. The second-order valence-electron chi connectivity index (χ2n) is 7.17. The number of rotatable bonds is 9. The predicted octanol–water partition coefficient (Wildman–Crippen LogP) is 2.29. The minimum absolute atomic E-state index is 0.0571. The summed E-state index contributed by atoms with van der Waals surface area (Å²) in [5.41, 5.74) is 0.335. The highest BCUT2D eigenvalue weighted by Crippen LogP contribution is 2.35. The van der Waals surface area contributed by atoms with Gasteiger partial charge in [-0.05, 0) is 31.0 Å². The Balaban J connectivity index is 1.66. The van der Waals surface area contributed by atoms with Crippen molar-refractivity contribution in [2.24, 2.45) is 0 Å². The van der Waals surface area contributed by atoms with Gasteiger partial charge in [0.25, 0.3) is 5.91 Å². The van der Waals surface area contributed by atoms with E-state index in [-0.39, 0.29) is 21.9 Å². The van der Waals surface area contributed by atoms with E-state index < -0.39 is 28.5 Å². The Morgan fingerprint density at radius 2 is 1.58 bits per heavy atom. The number of carbonyl (C=O) groups excluding carboxylic acids is 2. The molecule has 0 aromatic heterocycles. The molecule has 178 valence electrons. The minimum atomic E-state index is -3.62. The molecule has 1 amide bonds. The molecular formula is C22H26N2O8S. The maximum atomic E-state index is 12.7. The van der Waals surface area contributed by atoms with Gasteiger partial charge in [-0.2, -0.15) is 4.31 Å². The predicted molar refractivity (Wildman–Crippen MR) is 119 cm³/mol. The Morgan fingerprint density at radius 3 is 2.21 bits per heavy atom. The van der Waals surface area contributed by atoms with Gasteiger partial charge in [-0.1, -0.05) is 6.07 Å². The van der Waals surface area contributed by atoms with Crippen LogP contribution in [0.3, 0.4) is 0 Å². The van der Waals surface area contributed by atoms with E-state index in [9.17, 15) is 18.0 Å². The summed E-state index contributed by atoms with van der Waals surface area (Å²) >= 11 is 0. The van der Waals surface area contributed by atoms with Gasteiger partial charge < -0.3 is 24.3 Å². The molecule has 1 fully saturated rings. The largest absolute Gasteiger partial charge is 0.496 e. The number of esters is 1. The Kier molecular flexibility index (Phi) is 7.77. The van der Waals surface area contributed by atoms with Gasteiger partial charge in [0.15, 0.2) is 18.1 Å². The van der Waals surface area contributed by atoms with Crippen molar-refractivity contribution in [2.75, 3.05) is 46.3 Å². The van der Waals surface area contributed by atoms with Crippen molar-refractivity contribution >= 4 is 27.6 Å². The lowest BCUT2D eigenvalue weighted by atomic mass is 10.1. The molecule has 0 spiro atoms. The first-order chi connectivity index (χ1) is 15.8. The SMILES string of the molecule is COc1cc(OC)c(C(=O)OCC(=O)Nc2cccc(S(=O)(=O)N3CCCC3)c2)cc1OC. The van der Waals surface area contributed by atoms with E-state index in [0.29, 0.717) is 24.6 Å². The Morgan fingerprint density at radius 1 is 0.939 bits per heavy atom. The zero-order chi connectivity index (χ0) is 24.0. The van der Waals surface area contributed by atoms with Gasteiger partial charge in [0, 0.05) is 30.9 Å². The van der Waals surface area contributed by atoms with Crippen molar-refractivity contribution < 1.29 is 37.0 Å². The van der Waals surface area contributed by atoms with Crippen LogP contribution in [0.15, 0.2) is 41.3 Å². The molecule has 1 aliphatic heterocycles. The summed E-state index contributed by atoms with van der Waals surface area (Å²) in [5.74, 6) is -0.567. The van der Waals surface area contributed by atoms with Gasteiger partial charge in [0.2, 0.25) is 10.0 Å². The van der Waals surface area contributed by atoms with E-state index in [1.807, 2.05) is 0 Å². The number of ether oxygens (including phenoxy) is 4. The first kappa shape index (κ1) is 24.3. The highest BCUT2D eigenvalue weighted by molar-refractivity contribution is 7.89. The van der Waals surface area contributed by atoms with Crippen LogP contribution in [0.4, 0.5) is 5.69 Å². The molecule has 33 heavy (non-hydrogen) atoms. The third kappa shape index (κ3) is 5.55. The second kappa shape index (κ2) is 10.5. The third-order valence-corrected chi connectivity index (χ3v) is 6.98. The number of nitrogens with one attached hydrogen (secondary N) is 1. The van der Waals surface area contributed by atoms with Crippen LogP contribution in [-0.2, 0) is 19.6 Å². The zero-order valence-corrected chi connectivity index (χ0v) is 19.4. The normalized spacial score (nSPS) is 13.9. The fourth-order valence-electron chi connectivity index (χ4n) is 3.41. The molecule has 1 aliphatic rings. The number of carbonyl (C=O) groups is 2. The van der Waals surface area contributed by atoms with Gasteiger partial charge in [-0.25, -0.2) is 13.2 Å². The van der Waals surface area contributed by atoms with Crippen LogP contribution in [0.2, 0.25) is 0 Å². The Bertz CT molecular complexity index is 1130. The fraction of sp³-hybridized carbons (Fsp3) is 0.364. The summed E-state index contributed by atoms with van der Waals surface area (Å²) in [4.78, 5) is 24.9. The van der Waals surface area contributed by atoms with Crippen molar-refractivity contribution in [3.8, 4) is 17.2 Å². The maximum Gasteiger partial charge on any atom is 0.342 e. The molecule has 1 heterocycles. The van der Waals surface area contributed by atoms with Crippen molar-refractivity contribution in [1.82, 2.24) is 4.31 Å². The highest BCUT2D eigenvalue weighted by Gasteiger charge is 2.27. The van der Waals surface area contributed by atoms with Crippen LogP contribution in [0.25, 0.3) is 0 Å².